The number of pyridine rings is 1. The molecule has 0 saturated carbocycles. The summed E-state index contributed by atoms with van der Waals surface area (Å²) in [4.78, 5) is 3.84. The fourth-order valence-corrected chi connectivity index (χ4v) is 3.59. The Morgan fingerprint density at radius 3 is 2.60 bits per heavy atom. The van der Waals surface area contributed by atoms with E-state index in [0.29, 0.717) is 5.69 Å². The van der Waals surface area contributed by atoms with Crippen LogP contribution >= 0.6 is 23.2 Å². The van der Waals surface area contributed by atoms with Crippen molar-refractivity contribution in [2.45, 2.75) is 11.4 Å². The van der Waals surface area contributed by atoms with Gasteiger partial charge in [0.25, 0.3) is 0 Å². The summed E-state index contributed by atoms with van der Waals surface area (Å²) in [6, 6.07) is 7.87. The van der Waals surface area contributed by atoms with Crippen LogP contribution in [0.15, 0.2) is 41.4 Å². The summed E-state index contributed by atoms with van der Waals surface area (Å²) in [6.45, 7) is 0.0432. The molecule has 8 heteroatoms. The molecule has 0 aliphatic carbocycles. The number of anilines is 1. The number of benzene rings is 1. The molecular formula is C12H11Cl2N3O2S. The van der Waals surface area contributed by atoms with E-state index in [1.54, 1.807) is 24.4 Å². The zero-order valence-corrected chi connectivity index (χ0v) is 12.5. The van der Waals surface area contributed by atoms with Gasteiger partial charge in [-0.15, -0.1) is 0 Å². The minimum absolute atomic E-state index is 0.00368. The lowest BCUT2D eigenvalue weighted by atomic mass is 10.3. The van der Waals surface area contributed by atoms with E-state index in [2.05, 4.69) is 9.71 Å². The minimum Gasteiger partial charge on any atom is -0.398 e. The Kier molecular flexibility index (Phi) is 4.49. The number of nitrogens with zero attached hydrogens (tertiary/aromatic N) is 1. The molecule has 0 saturated heterocycles. The van der Waals surface area contributed by atoms with Gasteiger partial charge in [-0.3, -0.25) is 4.98 Å². The highest BCUT2D eigenvalue weighted by Gasteiger charge is 2.21. The van der Waals surface area contributed by atoms with Gasteiger partial charge in [-0.2, -0.15) is 0 Å². The highest BCUT2D eigenvalue weighted by atomic mass is 35.5. The van der Waals surface area contributed by atoms with Crippen molar-refractivity contribution in [3.8, 4) is 0 Å². The molecular weight excluding hydrogens is 321 g/mol. The molecule has 2 aromatic rings. The number of hydrogen-bond donors (Lipinski definition) is 2. The summed E-state index contributed by atoms with van der Waals surface area (Å²) in [5.41, 5.74) is 6.25. The van der Waals surface area contributed by atoms with Crippen LogP contribution in [0.5, 0.6) is 0 Å². The number of rotatable bonds is 4. The van der Waals surface area contributed by atoms with Gasteiger partial charge in [0.15, 0.2) is 0 Å². The van der Waals surface area contributed by atoms with Gasteiger partial charge in [0.2, 0.25) is 10.0 Å². The van der Waals surface area contributed by atoms with Crippen LogP contribution in [0.1, 0.15) is 5.69 Å². The van der Waals surface area contributed by atoms with Gasteiger partial charge in [-0.25, -0.2) is 13.1 Å². The fraction of sp³-hybridized carbons (Fsp3) is 0.0833. The molecule has 0 bridgehead atoms. The van der Waals surface area contributed by atoms with Crippen molar-refractivity contribution in [1.82, 2.24) is 9.71 Å². The Balaban J connectivity index is 2.28. The van der Waals surface area contributed by atoms with Crippen LogP contribution in [0.25, 0.3) is 0 Å². The smallest absolute Gasteiger partial charge is 0.244 e. The lowest BCUT2D eigenvalue weighted by Gasteiger charge is -2.11. The monoisotopic (exact) mass is 331 g/mol. The van der Waals surface area contributed by atoms with Crippen molar-refractivity contribution in [2.24, 2.45) is 0 Å². The van der Waals surface area contributed by atoms with Gasteiger partial charge < -0.3 is 5.73 Å². The maximum Gasteiger partial charge on any atom is 0.244 e. The highest BCUT2D eigenvalue weighted by molar-refractivity contribution is 7.89. The largest absolute Gasteiger partial charge is 0.398 e. The first-order chi connectivity index (χ1) is 9.40. The Labute approximate surface area is 126 Å². The third kappa shape index (κ3) is 3.40. The van der Waals surface area contributed by atoms with Gasteiger partial charge >= 0.3 is 0 Å². The molecule has 0 aliphatic heterocycles. The second-order valence-electron chi connectivity index (χ2n) is 3.95. The standard InChI is InChI=1S/C12H11Cl2N3O2S/c13-8-5-10(14)12(11(15)6-8)20(18,19)17-7-9-3-1-2-4-16-9/h1-6,17H,7,15H2. The van der Waals surface area contributed by atoms with Crippen LogP contribution in [0.4, 0.5) is 5.69 Å². The topological polar surface area (TPSA) is 85.1 Å². The van der Waals surface area contributed by atoms with Crippen molar-refractivity contribution in [3.05, 3.63) is 52.3 Å². The van der Waals surface area contributed by atoms with Crippen molar-refractivity contribution >= 4 is 38.9 Å². The zero-order valence-electron chi connectivity index (χ0n) is 10.2. The normalized spacial score (nSPS) is 11.5. The van der Waals surface area contributed by atoms with Gasteiger partial charge in [0.1, 0.15) is 4.90 Å². The molecule has 1 heterocycles. The molecule has 0 atom stereocenters. The van der Waals surface area contributed by atoms with Crippen LogP contribution in [-0.2, 0) is 16.6 Å². The second-order valence-corrected chi connectivity index (χ2v) is 6.50. The summed E-state index contributed by atoms with van der Waals surface area (Å²) >= 11 is 11.7. The summed E-state index contributed by atoms with van der Waals surface area (Å²) < 4.78 is 26.8. The van der Waals surface area contributed by atoms with Crippen molar-refractivity contribution < 1.29 is 8.42 Å². The van der Waals surface area contributed by atoms with Crippen molar-refractivity contribution in [1.29, 1.82) is 0 Å². The van der Waals surface area contributed by atoms with Crippen LogP contribution in [0, 0.1) is 0 Å². The average Bonchev–Trinajstić information content (AvgIpc) is 2.36. The Morgan fingerprint density at radius 1 is 1.25 bits per heavy atom. The average molecular weight is 332 g/mol. The molecule has 5 nitrogen and oxygen atoms in total. The predicted octanol–water partition coefficient (Wildman–Crippen LogP) is 2.45. The second kappa shape index (κ2) is 5.97. The van der Waals surface area contributed by atoms with E-state index in [9.17, 15) is 8.42 Å². The number of sulfonamides is 1. The van der Waals surface area contributed by atoms with E-state index in [1.165, 1.54) is 12.1 Å². The SMILES string of the molecule is Nc1cc(Cl)cc(Cl)c1S(=O)(=O)NCc1ccccn1. The summed E-state index contributed by atoms with van der Waals surface area (Å²) in [5, 5.41) is 0.250. The number of nitrogen functional groups attached to an aromatic ring is 1. The lowest BCUT2D eigenvalue weighted by molar-refractivity contribution is 0.581. The van der Waals surface area contributed by atoms with E-state index in [-0.39, 0.29) is 27.2 Å². The van der Waals surface area contributed by atoms with E-state index in [1.807, 2.05) is 0 Å². The van der Waals surface area contributed by atoms with E-state index in [0.717, 1.165) is 0 Å². The van der Waals surface area contributed by atoms with Crippen LogP contribution in [0.2, 0.25) is 10.0 Å². The molecule has 1 aromatic heterocycles. The first kappa shape index (κ1) is 15.1. The maximum atomic E-state index is 12.2. The molecule has 0 amide bonds. The fourth-order valence-electron chi connectivity index (χ4n) is 1.61. The maximum absolute atomic E-state index is 12.2. The molecule has 0 radical (unpaired) electrons. The van der Waals surface area contributed by atoms with Gasteiger partial charge in [0, 0.05) is 11.2 Å². The van der Waals surface area contributed by atoms with E-state index >= 15 is 0 Å². The third-order valence-corrected chi connectivity index (χ3v) is 4.62. The van der Waals surface area contributed by atoms with Crippen molar-refractivity contribution in [2.75, 3.05) is 5.73 Å². The first-order valence-electron chi connectivity index (χ1n) is 5.54. The van der Waals surface area contributed by atoms with Crippen LogP contribution in [0.3, 0.4) is 0 Å². The Morgan fingerprint density at radius 2 is 2.00 bits per heavy atom. The first-order valence-corrected chi connectivity index (χ1v) is 7.78. The Hall–Kier alpha value is -1.34. The minimum atomic E-state index is -3.84. The quantitative estimate of drug-likeness (QED) is 0.842. The molecule has 0 spiro atoms. The van der Waals surface area contributed by atoms with Gasteiger partial charge in [-0.05, 0) is 24.3 Å². The molecule has 0 aliphatic rings. The number of hydrogen-bond acceptors (Lipinski definition) is 4. The number of halogens is 2. The molecule has 0 fully saturated rings. The van der Waals surface area contributed by atoms with Gasteiger partial charge in [-0.1, -0.05) is 29.3 Å². The summed E-state index contributed by atoms with van der Waals surface area (Å²) in [6.07, 6.45) is 1.58. The molecule has 3 N–H and O–H groups in total. The highest BCUT2D eigenvalue weighted by Crippen LogP contribution is 2.30. The molecule has 1 aromatic carbocycles. The van der Waals surface area contributed by atoms with Gasteiger partial charge in [0.05, 0.1) is 22.9 Å². The molecule has 0 unspecified atom stereocenters. The number of nitrogens with one attached hydrogen (secondary N) is 1. The molecule has 106 valence electrons. The number of aromatic nitrogens is 1. The number of nitrogens with two attached hydrogens (primary N) is 1. The summed E-state index contributed by atoms with van der Waals surface area (Å²) in [5.74, 6) is 0. The van der Waals surface area contributed by atoms with E-state index < -0.39 is 10.0 Å². The lowest BCUT2D eigenvalue weighted by Crippen LogP contribution is -2.25. The van der Waals surface area contributed by atoms with Crippen molar-refractivity contribution in [3.63, 3.8) is 0 Å². The Bertz CT molecular complexity index is 698. The zero-order chi connectivity index (χ0) is 14.8. The summed E-state index contributed by atoms with van der Waals surface area (Å²) in [7, 11) is -3.84. The molecule has 2 rings (SSSR count). The predicted molar refractivity (Wildman–Crippen MR) is 79.1 cm³/mol. The van der Waals surface area contributed by atoms with Crippen LogP contribution < -0.4 is 10.5 Å². The third-order valence-electron chi connectivity index (χ3n) is 2.48. The van der Waals surface area contributed by atoms with E-state index in [4.69, 9.17) is 28.9 Å². The van der Waals surface area contributed by atoms with Crippen LogP contribution in [-0.4, -0.2) is 13.4 Å². The molecule has 20 heavy (non-hydrogen) atoms.